The Morgan fingerprint density at radius 3 is 2.43 bits per heavy atom. The Hall–Kier alpha value is -3.48. The van der Waals surface area contributed by atoms with E-state index in [4.69, 9.17) is 4.74 Å². The second kappa shape index (κ2) is 8.94. The average Bonchev–Trinajstić information content (AvgIpc) is 3.21. The van der Waals surface area contributed by atoms with Crippen LogP contribution >= 0.6 is 0 Å². The van der Waals surface area contributed by atoms with E-state index in [-0.39, 0.29) is 18.3 Å². The summed E-state index contributed by atoms with van der Waals surface area (Å²) in [4.78, 5) is 28.4. The summed E-state index contributed by atoms with van der Waals surface area (Å²) in [5.74, 6) is -0.629. The van der Waals surface area contributed by atoms with Gasteiger partial charge in [-0.3, -0.25) is 9.59 Å². The van der Waals surface area contributed by atoms with Crippen LogP contribution in [0.2, 0.25) is 0 Å². The van der Waals surface area contributed by atoms with Gasteiger partial charge in [0.25, 0.3) is 5.91 Å². The van der Waals surface area contributed by atoms with Gasteiger partial charge >= 0.3 is 5.97 Å². The highest BCUT2D eigenvalue weighted by atomic mass is 16.5. The second-order valence-electron chi connectivity index (χ2n) is 6.51. The maximum Gasteiger partial charge on any atom is 0.307 e. The normalized spacial score (nSPS) is 11.6. The number of carbonyl (C=O) groups is 2. The summed E-state index contributed by atoms with van der Waals surface area (Å²) >= 11 is 0. The molecule has 28 heavy (non-hydrogen) atoms. The van der Waals surface area contributed by atoms with Crippen molar-refractivity contribution in [1.82, 2.24) is 20.1 Å². The van der Waals surface area contributed by atoms with Gasteiger partial charge in [0, 0.05) is 5.56 Å². The first kappa shape index (κ1) is 19.3. The number of esters is 1. The van der Waals surface area contributed by atoms with Crippen molar-refractivity contribution in [3.05, 3.63) is 83.4 Å². The van der Waals surface area contributed by atoms with Crippen LogP contribution in [0, 0.1) is 6.92 Å². The number of amides is 1. The molecule has 1 atom stereocenters. The number of benzene rings is 2. The molecule has 0 spiro atoms. The Bertz CT molecular complexity index is 919. The van der Waals surface area contributed by atoms with E-state index in [0.29, 0.717) is 12.1 Å². The van der Waals surface area contributed by atoms with Crippen LogP contribution in [0.1, 0.15) is 39.5 Å². The average molecular weight is 378 g/mol. The lowest BCUT2D eigenvalue weighted by Gasteiger charge is -2.18. The van der Waals surface area contributed by atoms with Crippen molar-refractivity contribution in [3.63, 3.8) is 0 Å². The summed E-state index contributed by atoms with van der Waals surface area (Å²) < 4.78 is 6.48. The Morgan fingerprint density at radius 2 is 1.82 bits per heavy atom. The van der Waals surface area contributed by atoms with E-state index >= 15 is 0 Å². The molecular weight excluding hydrogens is 356 g/mol. The van der Waals surface area contributed by atoms with Crippen LogP contribution in [0.25, 0.3) is 0 Å². The fraction of sp³-hybridized carbons (Fsp3) is 0.238. The first-order chi connectivity index (χ1) is 13.5. The molecule has 2 aromatic carbocycles. The van der Waals surface area contributed by atoms with E-state index in [1.54, 1.807) is 23.1 Å². The lowest BCUT2D eigenvalue weighted by atomic mass is 10.0. The SMILES string of the molecule is COC(=O)CC(NC(=O)c1ccc(Cn2cncn2)cc1)c1ccc(C)cc1. The molecule has 7 heteroatoms. The zero-order valence-corrected chi connectivity index (χ0v) is 15.8. The van der Waals surface area contributed by atoms with Gasteiger partial charge < -0.3 is 10.1 Å². The van der Waals surface area contributed by atoms with E-state index in [1.807, 2.05) is 43.3 Å². The Kier molecular flexibility index (Phi) is 6.16. The van der Waals surface area contributed by atoms with Crippen molar-refractivity contribution in [2.45, 2.75) is 25.9 Å². The third-order valence-corrected chi connectivity index (χ3v) is 4.41. The lowest BCUT2D eigenvalue weighted by molar-refractivity contribution is -0.141. The molecule has 7 nitrogen and oxygen atoms in total. The largest absolute Gasteiger partial charge is 0.469 e. The monoisotopic (exact) mass is 378 g/mol. The quantitative estimate of drug-likeness (QED) is 0.639. The minimum absolute atomic E-state index is 0.0652. The summed E-state index contributed by atoms with van der Waals surface area (Å²) in [6.07, 6.45) is 3.18. The highest BCUT2D eigenvalue weighted by molar-refractivity contribution is 5.94. The smallest absolute Gasteiger partial charge is 0.307 e. The number of hydrogen-bond acceptors (Lipinski definition) is 5. The van der Waals surface area contributed by atoms with Gasteiger partial charge in [-0.2, -0.15) is 5.10 Å². The van der Waals surface area contributed by atoms with Crippen molar-refractivity contribution in [2.75, 3.05) is 7.11 Å². The number of aryl methyl sites for hydroxylation is 1. The number of rotatable bonds is 7. The number of hydrogen-bond donors (Lipinski definition) is 1. The molecule has 0 saturated carbocycles. The van der Waals surface area contributed by atoms with E-state index in [9.17, 15) is 9.59 Å². The van der Waals surface area contributed by atoms with Crippen molar-refractivity contribution >= 4 is 11.9 Å². The van der Waals surface area contributed by atoms with Gasteiger partial charge in [-0.05, 0) is 30.2 Å². The standard InChI is InChI=1S/C21H22N4O3/c1-15-3-7-17(8-4-15)19(11-20(26)28-2)24-21(27)18-9-5-16(6-10-18)12-25-14-22-13-23-25/h3-10,13-14,19H,11-12H2,1-2H3,(H,24,27). The van der Waals surface area contributed by atoms with E-state index < -0.39 is 6.04 Å². The van der Waals surface area contributed by atoms with Crippen LogP contribution in [-0.4, -0.2) is 33.8 Å². The van der Waals surface area contributed by atoms with Gasteiger partial charge in [0.15, 0.2) is 0 Å². The van der Waals surface area contributed by atoms with Crippen LogP contribution in [-0.2, 0) is 16.1 Å². The van der Waals surface area contributed by atoms with Gasteiger partial charge in [0.1, 0.15) is 12.7 Å². The number of nitrogens with one attached hydrogen (secondary N) is 1. The third-order valence-electron chi connectivity index (χ3n) is 4.41. The van der Waals surface area contributed by atoms with Gasteiger partial charge in [-0.15, -0.1) is 0 Å². The fourth-order valence-corrected chi connectivity index (χ4v) is 2.81. The zero-order chi connectivity index (χ0) is 19.9. The van der Waals surface area contributed by atoms with Crippen molar-refractivity contribution < 1.29 is 14.3 Å². The highest BCUT2D eigenvalue weighted by Gasteiger charge is 2.19. The molecule has 0 aliphatic rings. The Balaban J connectivity index is 1.71. The number of nitrogens with zero attached hydrogens (tertiary/aromatic N) is 3. The third kappa shape index (κ3) is 5.03. The molecule has 0 saturated heterocycles. The molecule has 1 aromatic heterocycles. The van der Waals surface area contributed by atoms with Crippen LogP contribution in [0.15, 0.2) is 61.2 Å². The summed E-state index contributed by atoms with van der Waals surface area (Å²) in [6.45, 7) is 2.56. The maximum atomic E-state index is 12.7. The molecule has 1 N–H and O–H groups in total. The summed E-state index contributed by atoms with van der Waals surface area (Å²) in [6, 6.07) is 14.5. The minimum Gasteiger partial charge on any atom is -0.469 e. The molecule has 144 valence electrons. The number of carbonyl (C=O) groups excluding carboxylic acids is 2. The van der Waals surface area contributed by atoms with Crippen molar-refractivity contribution in [3.8, 4) is 0 Å². The van der Waals surface area contributed by atoms with Gasteiger partial charge in [0.05, 0.1) is 26.1 Å². The number of aromatic nitrogens is 3. The predicted octanol–water partition coefficient (Wildman–Crippen LogP) is 2.67. The molecule has 0 bridgehead atoms. The molecule has 3 aromatic rings. The predicted molar refractivity (Wildman–Crippen MR) is 104 cm³/mol. The molecule has 0 aliphatic carbocycles. The summed E-state index contributed by atoms with van der Waals surface area (Å²) in [5.41, 5.74) is 3.48. The van der Waals surface area contributed by atoms with E-state index in [0.717, 1.165) is 16.7 Å². The topological polar surface area (TPSA) is 86.1 Å². The second-order valence-corrected chi connectivity index (χ2v) is 6.51. The first-order valence-electron chi connectivity index (χ1n) is 8.91. The van der Waals surface area contributed by atoms with Crippen LogP contribution in [0.4, 0.5) is 0 Å². The van der Waals surface area contributed by atoms with Gasteiger partial charge in [-0.25, -0.2) is 9.67 Å². The zero-order valence-electron chi connectivity index (χ0n) is 15.8. The molecule has 1 heterocycles. The molecule has 1 amide bonds. The van der Waals surface area contributed by atoms with Crippen LogP contribution < -0.4 is 5.32 Å². The molecular formula is C21H22N4O3. The van der Waals surface area contributed by atoms with Crippen molar-refractivity contribution in [2.24, 2.45) is 0 Å². The van der Waals surface area contributed by atoms with Gasteiger partial charge in [-0.1, -0.05) is 42.0 Å². The van der Waals surface area contributed by atoms with Crippen LogP contribution in [0.3, 0.4) is 0 Å². The maximum absolute atomic E-state index is 12.7. The minimum atomic E-state index is -0.463. The highest BCUT2D eigenvalue weighted by Crippen LogP contribution is 2.19. The molecule has 0 fully saturated rings. The summed E-state index contributed by atoms with van der Waals surface area (Å²) in [5, 5.41) is 7.00. The number of methoxy groups -OCH3 is 1. The first-order valence-corrected chi connectivity index (χ1v) is 8.91. The van der Waals surface area contributed by atoms with Crippen LogP contribution in [0.5, 0.6) is 0 Å². The number of ether oxygens (including phenoxy) is 1. The Morgan fingerprint density at radius 1 is 1.11 bits per heavy atom. The summed E-state index contributed by atoms with van der Waals surface area (Å²) in [7, 11) is 1.34. The fourth-order valence-electron chi connectivity index (χ4n) is 2.81. The molecule has 3 rings (SSSR count). The van der Waals surface area contributed by atoms with E-state index in [1.165, 1.54) is 13.4 Å². The molecule has 1 unspecified atom stereocenters. The van der Waals surface area contributed by atoms with E-state index in [2.05, 4.69) is 15.4 Å². The Labute approximate surface area is 163 Å². The molecule has 0 aliphatic heterocycles. The van der Waals surface area contributed by atoms with Gasteiger partial charge in [0.2, 0.25) is 0 Å². The van der Waals surface area contributed by atoms with Crippen molar-refractivity contribution in [1.29, 1.82) is 0 Å². The lowest BCUT2D eigenvalue weighted by Crippen LogP contribution is -2.30. The molecule has 0 radical (unpaired) electrons.